The molecule has 0 heterocycles. The van der Waals surface area contributed by atoms with E-state index in [1.165, 1.54) is 5.56 Å². The van der Waals surface area contributed by atoms with E-state index in [0.717, 1.165) is 22.4 Å². The molecule has 0 aliphatic heterocycles. The van der Waals surface area contributed by atoms with Crippen molar-refractivity contribution >= 4 is 18.4 Å². The first kappa shape index (κ1) is 19.4. The number of hydrogen-bond acceptors (Lipinski definition) is 2. The highest BCUT2D eigenvalue weighted by molar-refractivity contribution is 8.29. The standard InChI is InChI=1S/C19H32OSSi/c1-9-19(17-10-12-18(20-8)13-11-17)21-22(14(2)3,15(4)5)16(6)7/h9-16,19H,1H2,2-8H3/t19-/m0/s1. The van der Waals surface area contributed by atoms with Crippen LogP contribution < -0.4 is 4.74 Å². The van der Waals surface area contributed by atoms with E-state index < -0.39 is 7.22 Å². The van der Waals surface area contributed by atoms with Crippen molar-refractivity contribution < 1.29 is 4.74 Å². The van der Waals surface area contributed by atoms with Crippen molar-refractivity contribution in [3.63, 3.8) is 0 Å². The minimum Gasteiger partial charge on any atom is -0.497 e. The Morgan fingerprint density at radius 2 is 1.41 bits per heavy atom. The second-order valence-electron chi connectivity index (χ2n) is 6.86. The maximum atomic E-state index is 5.27. The molecule has 0 aliphatic carbocycles. The van der Waals surface area contributed by atoms with Crippen LogP contribution in [0, 0.1) is 0 Å². The normalized spacial score (nSPS) is 13.7. The van der Waals surface area contributed by atoms with Crippen LogP contribution in [0.5, 0.6) is 5.75 Å². The first-order chi connectivity index (χ1) is 10.3. The van der Waals surface area contributed by atoms with Crippen molar-refractivity contribution in [1.82, 2.24) is 0 Å². The van der Waals surface area contributed by atoms with Gasteiger partial charge in [-0.15, -0.1) is 6.58 Å². The topological polar surface area (TPSA) is 9.23 Å². The van der Waals surface area contributed by atoms with Gasteiger partial charge in [-0.3, -0.25) is 0 Å². The van der Waals surface area contributed by atoms with Gasteiger partial charge in [-0.25, -0.2) is 0 Å². The van der Waals surface area contributed by atoms with Crippen LogP contribution in [0.4, 0.5) is 0 Å². The fraction of sp³-hybridized carbons (Fsp3) is 0.579. The van der Waals surface area contributed by atoms with E-state index in [-0.39, 0.29) is 0 Å². The van der Waals surface area contributed by atoms with Crippen molar-refractivity contribution in [2.24, 2.45) is 0 Å². The summed E-state index contributed by atoms with van der Waals surface area (Å²) >= 11 is 2.21. The molecule has 1 atom stereocenters. The molecule has 0 saturated heterocycles. The van der Waals surface area contributed by atoms with Gasteiger partial charge in [0, 0.05) is 5.25 Å². The Hall–Kier alpha value is -0.673. The molecule has 1 aromatic rings. The first-order valence-electron chi connectivity index (χ1n) is 8.23. The molecule has 1 nitrogen and oxygen atoms in total. The Kier molecular flexibility index (Phi) is 7.27. The Morgan fingerprint density at radius 1 is 0.955 bits per heavy atom. The van der Waals surface area contributed by atoms with E-state index in [0.29, 0.717) is 5.25 Å². The second kappa shape index (κ2) is 8.26. The zero-order valence-corrected chi connectivity index (χ0v) is 17.0. The Balaban J connectivity index is 3.14. The van der Waals surface area contributed by atoms with Gasteiger partial charge in [0.15, 0.2) is 0 Å². The van der Waals surface area contributed by atoms with Crippen LogP contribution in [0.25, 0.3) is 0 Å². The van der Waals surface area contributed by atoms with Crippen molar-refractivity contribution in [1.29, 1.82) is 0 Å². The predicted molar refractivity (Wildman–Crippen MR) is 105 cm³/mol. The summed E-state index contributed by atoms with van der Waals surface area (Å²) in [6.45, 7) is 18.6. The number of ether oxygens (including phenoxy) is 1. The lowest BCUT2D eigenvalue weighted by molar-refractivity contribution is 0.414. The average Bonchev–Trinajstić information content (AvgIpc) is 2.47. The Bertz CT molecular complexity index is 443. The third kappa shape index (κ3) is 3.99. The maximum absolute atomic E-state index is 5.27. The highest BCUT2D eigenvalue weighted by Crippen LogP contribution is 2.54. The highest BCUT2D eigenvalue weighted by atomic mass is 32.4. The van der Waals surface area contributed by atoms with Gasteiger partial charge in [-0.2, -0.15) is 11.2 Å². The SMILES string of the molecule is C=C[C@H](S[Si](C(C)C)(C(C)C)C(C)C)c1ccc(OC)cc1. The predicted octanol–water partition coefficient (Wildman–Crippen LogP) is 6.83. The molecule has 0 N–H and O–H groups in total. The fourth-order valence-electron chi connectivity index (χ4n) is 3.67. The molecule has 0 radical (unpaired) electrons. The third-order valence-electron chi connectivity index (χ3n) is 4.70. The summed E-state index contributed by atoms with van der Waals surface area (Å²) in [6.07, 6.45) is 2.11. The molecule has 0 unspecified atom stereocenters. The van der Waals surface area contributed by atoms with Gasteiger partial charge < -0.3 is 4.74 Å². The first-order valence-corrected chi connectivity index (χ1v) is 12.1. The van der Waals surface area contributed by atoms with Gasteiger partial charge in [-0.05, 0) is 34.3 Å². The molecule has 1 rings (SSSR count). The third-order valence-corrected chi connectivity index (χ3v) is 17.5. The number of benzene rings is 1. The minimum atomic E-state index is -1.50. The summed E-state index contributed by atoms with van der Waals surface area (Å²) in [5, 5.41) is 0.366. The molecule has 3 heteroatoms. The van der Waals surface area contributed by atoms with Crippen molar-refractivity contribution in [2.45, 2.75) is 63.4 Å². The molecule has 0 fully saturated rings. The van der Waals surface area contributed by atoms with E-state index in [4.69, 9.17) is 4.74 Å². The molecule has 0 aromatic heterocycles. The van der Waals surface area contributed by atoms with E-state index in [9.17, 15) is 0 Å². The van der Waals surface area contributed by atoms with Crippen LogP contribution in [0.15, 0.2) is 36.9 Å². The van der Waals surface area contributed by atoms with Crippen molar-refractivity contribution in [3.8, 4) is 5.75 Å². The maximum Gasteiger partial charge on any atom is 0.126 e. The molecule has 0 saturated carbocycles. The summed E-state index contributed by atoms with van der Waals surface area (Å²) in [5.74, 6) is 0.914. The van der Waals surface area contributed by atoms with Gasteiger partial charge in [0.05, 0.1) is 7.11 Å². The lowest BCUT2D eigenvalue weighted by Gasteiger charge is -2.44. The van der Waals surface area contributed by atoms with E-state index in [2.05, 4.69) is 89.7 Å². The minimum absolute atomic E-state index is 0.366. The molecule has 0 aliphatic rings. The molecule has 124 valence electrons. The highest BCUT2D eigenvalue weighted by Gasteiger charge is 2.45. The van der Waals surface area contributed by atoms with Gasteiger partial charge in [0.1, 0.15) is 13.0 Å². The van der Waals surface area contributed by atoms with Crippen LogP contribution in [0.3, 0.4) is 0 Å². The van der Waals surface area contributed by atoms with Crippen LogP contribution >= 0.6 is 11.2 Å². The van der Waals surface area contributed by atoms with Crippen LogP contribution in [0.2, 0.25) is 16.6 Å². The summed E-state index contributed by atoms with van der Waals surface area (Å²) in [6, 6.07) is 8.46. The van der Waals surface area contributed by atoms with E-state index in [1.54, 1.807) is 7.11 Å². The Morgan fingerprint density at radius 3 is 1.73 bits per heavy atom. The van der Waals surface area contributed by atoms with Gasteiger partial charge in [0.25, 0.3) is 0 Å². The quantitative estimate of drug-likeness (QED) is 0.380. The van der Waals surface area contributed by atoms with Gasteiger partial charge in [-0.1, -0.05) is 59.8 Å². The molecule has 0 amide bonds. The summed E-state index contributed by atoms with van der Waals surface area (Å²) in [4.78, 5) is 0. The lowest BCUT2D eigenvalue weighted by atomic mass is 10.1. The summed E-state index contributed by atoms with van der Waals surface area (Å²) in [5.41, 5.74) is 3.58. The van der Waals surface area contributed by atoms with Gasteiger partial charge >= 0.3 is 0 Å². The number of rotatable bonds is 8. The molecule has 0 spiro atoms. The lowest BCUT2D eigenvalue weighted by Crippen LogP contribution is -2.41. The van der Waals surface area contributed by atoms with Crippen LogP contribution in [0.1, 0.15) is 52.4 Å². The molecule has 0 bridgehead atoms. The van der Waals surface area contributed by atoms with Crippen LogP contribution in [-0.4, -0.2) is 14.3 Å². The van der Waals surface area contributed by atoms with Crippen molar-refractivity contribution in [2.75, 3.05) is 7.11 Å². The zero-order valence-electron chi connectivity index (χ0n) is 15.2. The zero-order chi connectivity index (χ0) is 16.9. The molecular formula is C19H32OSSi. The molecule has 1 aromatic carbocycles. The largest absolute Gasteiger partial charge is 0.497 e. The Labute approximate surface area is 142 Å². The smallest absolute Gasteiger partial charge is 0.126 e. The van der Waals surface area contributed by atoms with Crippen molar-refractivity contribution in [3.05, 3.63) is 42.5 Å². The van der Waals surface area contributed by atoms with Crippen LogP contribution in [-0.2, 0) is 0 Å². The monoisotopic (exact) mass is 336 g/mol. The number of methoxy groups -OCH3 is 1. The average molecular weight is 337 g/mol. The second-order valence-corrected chi connectivity index (χ2v) is 15.6. The number of hydrogen-bond donors (Lipinski definition) is 0. The van der Waals surface area contributed by atoms with E-state index in [1.807, 2.05) is 0 Å². The summed E-state index contributed by atoms with van der Waals surface area (Å²) in [7, 11) is 0.209. The summed E-state index contributed by atoms with van der Waals surface area (Å²) < 4.78 is 5.27. The van der Waals surface area contributed by atoms with Gasteiger partial charge in [0.2, 0.25) is 0 Å². The fourth-order valence-corrected chi connectivity index (χ4v) is 13.8. The molecule has 22 heavy (non-hydrogen) atoms. The molecular weight excluding hydrogens is 304 g/mol. The van der Waals surface area contributed by atoms with E-state index >= 15 is 0 Å².